The lowest BCUT2D eigenvalue weighted by Gasteiger charge is -2.06. The standard InChI is InChI=1S/C16H17N5O3S/c1-23-13-6-4-12(5-7-13)9-17-15(22)11-25-16-18-19-20-21(16)10-14-3-2-8-24-14/h2-8H,9-11H2,1H3,(H,17,22). The van der Waals surface area contributed by atoms with E-state index in [1.807, 2.05) is 30.3 Å². The molecule has 1 amide bonds. The van der Waals surface area contributed by atoms with Crippen LogP contribution in [0.1, 0.15) is 11.3 Å². The predicted molar refractivity (Wildman–Crippen MR) is 91.2 cm³/mol. The number of methoxy groups -OCH3 is 1. The van der Waals surface area contributed by atoms with Gasteiger partial charge >= 0.3 is 0 Å². The Kier molecular flexibility index (Phi) is 5.68. The summed E-state index contributed by atoms with van der Waals surface area (Å²) in [6, 6.07) is 11.2. The largest absolute Gasteiger partial charge is 0.497 e. The van der Waals surface area contributed by atoms with E-state index in [-0.39, 0.29) is 11.7 Å². The van der Waals surface area contributed by atoms with E-state index in [0.717, 1.165) is 17.1 Å². The van der Waals surface area contributed by atoms with Crippen LogP contribution in [0, 0.1) is 0 Å². The second-order valence-electron chi connectivity index (χ2n) is 5.11. The normalized spacial score (nSPS) is 10.6. The molecular formula is C16H17N5O3S. The molecule has 3 aromatic rings. The zero-order valence-electron chi connectivity index (χ0n) is 13.6. The highest BCUT2D eigenvalue weighted by Crippen LogP contribution is 2.15. The molecule has 0 spiro atoms. The number of nitrogens with one attached hydrogen (secondary N) is 1. The lowest BCUT2D eigenvalue weighted by Crippen LogP contribution is -2.24. The zero-order valence-corrected chi connectivity index (χ0v) is 14.4. The summed E-state index contributed by atoms with van der Waals surface area (Å²) in [5.41, 5.74) is 1.00. The molecule has 0 bridgehead atoms. The van der Waals surface area contributed by atoms with Crippen LogP contribution in [0.5, 0.6) is 5.75 Å². The van der Waals surface area contributed by atoms with Crippen LogP contribution < -0.4 is 10.1 Å². The third-order valence-electron chi connectivity index (χ3n) is 3.37. The van der Waals surface area contributed by atoms with Crippen molar-refractivity contribution < 1.29 is 13.9 Å². The van der Waals surface area contributed by atoms with Crippen LogP contribution in [0.2, 0.25) is 0 Å². The van der Waals surface area contributed by atoms with Crippen molar-refractivity contribution in [1.29, 1.82) is 0 Å². The van der Waals surface area contributed by atoms with Gasteiger partial charge in [0.05, 0.1) is 19.1 Å². The SMILES string of the molecule is COc1ccc(CNC(=O)CSc2nnnn2Cc2ccco2)cc1. The number of ether oxygens (including phenoxy) is 1. The van der Waals surface area contributed by atoms with Crippen LogP contribution in [0.3, 0.4) is 0 Å². The van der Waals surface area contributed by atoms with Gasteiger partial charge in [0, 0.05) is 6.54 Å². The van der Waals surface area contributed by atoms with E-state index < -0.39 is 0 Å². The molecule has 0 saturated heterocycles. The summed E-state index contributed by atoms with van der Waals surface area (Å²) in [5.74, 6) is 1.68. The third-order valence-corrected chi connectivity index (χ3v) is 4.32. The van der Waals surface area contributed by atoms with Gasteiger partial charge in [0.2, 0.25) is 11.1 Å². The molecule has 130 valence electrons. The summed E-state index contributed by atoms with van der Waals surface area (Å²) in [7, 11) is 1.62. The quantitative estimate of drug-likeness (QED) is 0.612. The Balaban J connectivity index is 1.46. The van der Waals surface area contributed by atoms with Gasteiger partial charge in [-0.05, 0) is 40.3 Å². The van der Waals surface area contributed by atoms with Crippen LogP contribution in [-0.4, -0.2) is 39.0 Å². The number of nitrogens with zero attached hydrogens (tertiary/aromatic N) is 4. The van der Waals surface area contributed by atoms with Crippen LogP contribution in [0.4, 0.5) is 0 Å². The minimum atomic E-state index is -0.0895. The van der Waals surface area contributed by atoms with Gasteiger partial charge in [0.15, 0.2) is 0 Å². The number of benzene rings is 1. The molecule has 8 nitrogen and oxygen atoms in total. The van der Waals surface area contributed by atoms with Gasteiger partial charge in [-0.25, -0.2) is 4.68 Å². The van der Waals surface area contributed by atoms with Gasteiger partial charge in [-0.1, -0.05) is 23.9 Å². The number of thioether (sulfide) groups is 1. The molecule has 0 unspecified atom stereocenters. The number of hydrogen-bond acceptors (Lipinski definition) is 7. The first kappa shape index (κ1) is 17.0. The monoisotopic (exact) mass is 359 g/mol. The molecule has 1 N–H and O–H groups in total. The Morgan fingerprint density at radius 3 is 2.88 bits per heavy atom. The Labute approximate surface area is 148 Å². The lowest BCUT2D eigenvalue weighted by atomic mass is 10.2. The molecule has 0 aliphatic heterocycles. The van der Waals surface area contributed by atoms with Crippen molar-refractivity contribution in [3.05, 3.63) is 54.0 Å². The number of aromatic nitrogens is 4. The topological polar surface area (TPSA) is 95.1 Å². The van der Waals surface area contributed by atoms with E-state index >= 15 is 0 Å². The number of rotatable bonds is 8. The maximum absolute atomic E-state index is 12.0. The van der Waals surface area contributed by atoms with Gasteiger partial charge in [0.1, 0.15) is 18.1 Å². The highest BCUT2D eigenvalue weighted by molar-refractivity contribution is 7.99. The second-order valence-corrected chi connectivity index (χ2v) is 6.05. The number of tetrazole rings is 1. The molecule has 9 heteroatoms. The van der Waals surface area contributed by atoms with Gasteiger partial charge in [0.25, 0.3) is 0 Å². The fourth-order valence-corrected chi connectivity index (χ4v) is 2.78. The first-order valence-corrected chi connectivity index (χ1v) is 8.54. The Bertz CT molecular complexity index is 802. The fourth-order valence-electron chi connectivity index (χ4n) is 2.07. The highest BCUT2D eigenvalue weighted by Gasteiger charge is 2.11. The second kappa shape index (κ2) is 8.34. The molecule has 3 rings (SSSR count). The van der Waals surface area contributed by atoms with E-state index in [1.165, 1.54) is 11.8 Å². The molecule has 0 fully saturated rings. The average molecular weight is 359 g/mol. The molecule has 0 radical (unpaired) electrons. The van der Waals surface area contributed by atoms with Crippen molar-refractivity contribution in [3.63, 3.8) is 0 Å². The molecule has 2 aromatic heterocycles. The number of furan rings is 1. The number of amides is 1. The first-order chi connectivity index (χ1) is 12.2. The molecule has 1 aromatic carbocycles. The molecule has 0 aliphatic rings. The summed E-state index contributed by atoms with van der Waals surface area (Å²) >= 11 is 1.28. The van der Waals surface area contributed by atoms with Crippen molar-refractivity contribution >= 4 is 17.7 Å². The smallest absolute Gasteiger partial charge is 0.230 e. The molecular weight excluding hydrogens is 342 g/mol. The summed E-state index contributed by atoms with van der Waals surface area (Å²) < 4.78 is 12.0. The first-order valence-electron chi connectivity index (χ1n) is 7.55. The molecule has 25 heavy (non-hydrogen) atoms. The number of hydrogen-bond donors (Lipinski definition) is 1. The summed E-state index contributed by atoms with van der Waals surface area (Å²) in [4.78, 5) is 12.0. The van der Waals surface area contributed by atoms with E-state index in [0.29, 0.717) is 18.2 Å². The van der Waals surface area contributed by atoms with Crippen LogP contribution in [0.15, 0.2) is 52.2 Å². The third kappa shape index (κ3) is 4.83. The van der Waals surface area contributed by atoms with Gasteiger partial charge in [-0.15, -0.1) is 5.10 Å². The number of carbonyl (C=O) groups is 1. The van der Waals surface area contributed by atoms with Crippen molar-refractivity contribution in [2.75, 3.05) is 12.9 Å². The number of carbonyl (C=O) groups excluding carboxylic acids is 1. The maximum atomic E-state index is 12.0. The van der Waals surface area contributed by atoms with Crippen LogP contribution in [-0.2, 0) is 17.9 Å². The summed E-state index contributed by atoms with van der Waals surface area (Å²) in [6.45, 7) is 0.885. The minimum Gasteiger partial charge on any atom is -0.497 e. The fraction of sp³-hybridized carbons (Fsp3) is 0.250. The highest BCUT2D eigenvalue weighted by atomic mass is 32.2. The van der Waals surface area contributed by atoms with Crippen molar-refractivity contribution in [2.24, 2.45) is 0 Å². The molecule has 2 heterocycles. The summed E-state index contributed by atoms with van der Waals surface area (Å²) in [5, 5.41) is 14.9. The average Bonchev–Trinajstić information content (AvgIpc) is 3.31. The lowest BCUT2D eigenvalue weighted by molar-refractivity contribution is -0.118. The Hall–Kier alpha value is -2.81. The molecule has 0 atom stereocenters. The van der Waals surface area contributed by atoms with Crippen molar-refractivity contribution in [3.8, 4) is 5.75 Å². The van der Waals surface area contributed by atoms with Crippen LogP contribution >= 0.6 is 11.8 Å². The van der Waals surface area contributed by atoms with Gasteiger partial charge in [-0.2, -0.15) is 0 Å². The van der Waals surface area contributed by atoms with E-state index in [9.17, 15) is 4.79 Å². The van der Waals surface area contributed by atoms with Crippen LogP contribution in [0.25, 0.3) is 0 Å². The van der Waals surface area contributed by atoms with E-state index in [1.54, 1.807) is 24.1 Å². The predicted octanol–water partition coefficient (Wildman–Crippen LogP) is 1.73. The zero-order chi connectivity index (χ0) is 17.5. The molecule has 0 aliphatic carbocycles. The minimum absolute atomic E-state index is 0.0895. The molecule has 0 saturated carbocycles. The summed E-state index contributed by atoms with van der Waals surface area (Å²) in [6.07, 6.45) is 1.60. The van der Waals surface area contributed by atoms with E-state index in [4.69, 9.17) is 9.15 Å². The van der Waals surface area contributed by atoms with Gasteiger partial charge < -0.3 is 14.5 Å². The van der Waals surface area contributed by atoms with Crippen molar-refractivity contribution in [1.82, 2.24) is 25.5 Å². The Morgan fingerprint density at radius 1 is 1.32 bits per heavy atom. The maximum Gasteiger partial charge on any atom is 0.230 e. The van der Waals surface area contributed by atoms with Crippen molar-refractivity contribution in [2.45, 2.75) is 18.2 Å². The van der Waals surface area contributed by atoms with E-state index in [2.05, 4.69) is 20.8 Å². The van der Waals surface area contributed by atoms with Gasteiger partial charge in [-0.3, -0.25) is 4.79 Å². The Morgan fingerprint density at radius 2 is 2.16 bits per heavy atom.